The van der Waals surface area contributed by atoms with Gasteiger partial charge in [0.25, 0.3) is 0 Å². The van der Waals surface area contributed by atoms with E-state index in [1.54, 1.807) is 36.1 Å². The van der Waals surface area contributed by atoms with Gasteiger partial charge in [0.2, 0.25) is 11.6 Å². The Morgan fingerprint density at radius 1 is 1.37 bits per heavy atom. The number of nitrogens with zero attached hydrogens (tertiary/aromatic N) is 4. The Hall–Kier alpha value is -3.27. The molecule has 1 N–H and O–H groups in total. The molecule has 0 radical (unpaired) electrons. The zero-order valence-electron chi connectivity index (χ0n) is 14.8. The molecule has 27 heavy (non-hydrogen) atoms. The van der Waals surface area contributed by atoms with E-state index in [1.165, 1.54) is 6.33 Å². The van der Waals surface area contributed by atoms with Gasteiger partial charge in [0.1, 0.15) is 6.33 Å². The van der Waals surface area contributed by atoms with Crippen LogP contribution in [0.25, 0.3) is 0 Å². The maximum Gasteiger partial charge on any atom is 0.353 e. The minimum atomic E-state index is -0.512. The molecule has 1 aromatic carbocycles. The van der Waals surface area contributed by atoms with Crippen LogP contribution in [-0.4, -0.2) is 53.8 Å². The van der Waals surface area contributed by atoms with Crippen LogP contribution in [0.1, 0.15) is 17.3 Å². The van der Waals surface area contributed by atoms with Gasteiger partial charge in [0.15, 0.2) is 0 Å². The van der Waals surface area contributed by atoms with Crippen molar-refractivity contribution in [3.63, 3.8) is 0 Å². The zero-order valence-corrected chi connectivity index (χ0v) is 14.8. The van der Waals surface area contributed by atoms with Gasteiger partial charge >= 0.3 is 11.7 Å². The summed E-state index contributed by atoms with van der Waals surface area (Å²) < 4.78 is 10.3. The summed E-state index contributed by atoms with van der Waals surface area (Å²) in [5.74, 6) is -0.174. The Kier molecular flexibility index (Phi) is 5.77. The average Bonchev–Trinajstić information content (AvgIpc) is 2.68. The van der Waals surface area contributed by atoms with Gasteiger partial charge in [0.05, 0.1) is 30.3 Å². The van der Waals surface area contributed by atoms with Crippen molar-refractivity contribution in [2.75, 3.05) is 43.1 Å². The second-order valence-corrected chi connectivity index (χ2v) is 5.68. The van der Waals surface area contributed by atoms with E-state index < -0.39 is 10.9 Å². The van der Waals surface area contributed by atoms with Crippen molar-refractivity contribution in [2.45, 2.75) is 6.92 Å². The van der Waals surface area contributed by atoms with Crippen molar-refractivity contribution < 1.29 is 19.2 Å². The molecule has 0 unspecified atom stereocenters. The van der Waals surface area contributed by atoms with Gasteiger partial charge in [-0.1, -0.05) is 6.07 Å². The molecule has 1 aromatic heterocycles. The van der Waals surface area contributed by atoms with Gasteiger partial charge in [0, 0.05) is 18.8 Å². The predicted octanol–water partition coefficient (Wildman–Crippen LogP) is 2.14. The number of nitrogens with one attached hydrogen (secondary N) is 1. The van der Waals surface area contributed by atoms with E-state index in [0.717, 1.165) is 0 Å². The Balaban J connectivity index is 1.92. The Labute approximate surface area is 155 Å². The first-order valence-corrected chi connectivity index (χ1v) is 8.46. The summed E-state index contributed by atoms with van der Waals surface area (Å²) in [6.45, 7) is 3.95. The molecule has 0 spiro atoms. The molecule has 0 aliphatic carbocycles. The van der Waals surface area contributed by atoms with Gasteiger partial charge in [-0.05, 0) is 25.1 Å². The van der Waals surface area contributed by atoms with Crippen molar-refractivity contribution in [1.29, 1.82) is 0 Å². The molecule has 0 amide bonds. The topological polar surface area (TPSA) is 120 Å². The fourth-order valence-electron chi connectivity index (χ4n) is 2.71. The molecule has 0 saturated carbocycles. The van der Waals surface area contributed by atoms with E-state index >= 15 is 0 Å². The third-order valence-electron chi connectivity index (χ3n) is 3.93. The van der Waals surface area contributed by atoms with Gasteiger partial charge in [-0.3, -0.25) is 10.1 Å². The molecule has 2 heterocycles. The zero-order chi connectivity index (χ0) is 19.2. The maximum atomic E-state index is 11.9. The molecule has 142 valence electrons. The largest absolute Gasteiger partial charge is 0.462 e. The minimum absolute atomic E-state index is 0.0532. The number of nitro groups is 1. The molecular formula is C17H19N5O5. The van der Waals surface area contributed by atoms with Crippen LogP contribution in [0.5, 0.6) is 0 Å². The van der Waals surface area contributed by atoms with Gasteiger partial charge in [-0.15, -0.1) is 0 Å². The van der Waals surface area contributed by atoms with E-state index in [-0.39, 0.29) is 23.9 Å². The van der Waals surface area contributed by atoms with E-state index in [9.17, 15) is 14.9 Å². The van der Waals surface area contributed by atoms with Crippen molar-refractivity contribution in [1.82, 2.24) is 9.97 Å². The van der Waals surface area contributed by atoms with E-state index in [4.69, 9.17) is 9.47 Å². The number of rotatable bonds is 6. The van der Waals surface area contributed by atoms with Gasteiger partial charge < -0.3 is 19.7 Å². The summed E-state index contributed by atoms with van der Waals surface area (Å²) in [7, 11) is 0. The molecule has 1 aliphatic heterocycles. The number of esters is 1. The van der Waals surface area contributed by atoms with Crippen LogP contribution in [0.4, 0.5) is 23.0 Å². The summed E-state index contributed by atoms with van der Waals surface area (Å²) in [6.07, 6.45) is 1.27. The second-order valence-electron chi connectivity index (χ2n) is 5.68. The Bertz CT molecular complexity index is 838. The summed E-state index contributed by atoms with van der Waals surface area (Å²) in [5, 5.41) is 14.6. The average molecular weight is 373 g/mol. The lowest BCUT2D eigenvalue weighted by atomic mass is 10.2. The number of morpholine rings is 1. The molecule has 10 nitrogen and oxygen atoms in total. The van der Waals surface area contributed by atoms with Gasteiger partial charge in [-0.2, -0.15) is 0 Å². The van der Waals surface area contributed by atoms with Crippen molar-refractivity contribution in [2.24, 2.45) is 0 Å². The summed E-state index contributed by atoms with van der Waals surface area (Å²) in [4.78, 5) is 33.0. The summed E-state index contributed by atoms with van der Waals surface area (Å²) in [5.41, 5.74) is 0.600. The third kappa shape index (κ3) is 4.29. The summed E-state index contributed by atoms with van der Waals surface area (Å²) >= 11 is 0. The third-order valence-corrected chi connectivity index (χ3v) is 3.93. The molecule has 3 rings (SSSR count). The highest BCUT2D eigenvalue weighted by molar-refractivity contribution is 5.91. The van der Waals surface area contributed by atoms with Crippen molar-refractivity contribution >= 4 is 29.0 Å². The Morgan fingerprint density at radius 2 is 2.15 bits per heavy atom. The molecule has 1 fully saturated rings. The van der Waals surface area contributed by atoms with Crippen LogP contribution in [0.3, 0.4) is 0 Å². The monoisotopic (exact) mass is 373 g/mol. The predicted molar refractivity (Wildman–Crippen MR) is 97.4 cm³/mol. The standard InChI is InChI=1S/C17H19N5O5/c1-2-27-17(23)12-4-3-5-13(10-12)20-15-14(22(24)25)16(19-11-18-15)21-6-8-26-9-7-21/h3-5,10-11H,2,6-9H2,1H3,(H,18,19,20). The number of anilines is 3. The van der Waals surface area contributed by atoms with Gasteiger partial charge in [-0.25, -0.2) is 14.8 Å². The van der Waals surface area contributed by atoms with E-state index in [2.05, 4.69) is 15.3 Å². The highest BCUT2D eigenvalue weighted by Crippen LogP contribution is 2.33. The highest BCUT2D eigenvalue weighted by Gasteiger charge is 2.28. The lowest BCUT2D eigenvalue weighted by Gasteiger charge is -2.27. The minimum Gasteiger partial charge on any atom is -0.462 e. The first kappa shape index (κ1) is 18.5. The fourth-order valence-corrected chi connectivity index (χ4v) is 2.71. The van der Waals surface area contributed by atoms with Crippen LogP contribution in [0.2, 0.25) is 0 Å². The van der Waals surface area contributed by atoms with E-state index in [0.29, 0.717) is 37.6 Å². The van der Waals surface area contributed by atoms with Crippen molar-refractivity contribution in [3.8, 4) is 0 Å². The SMILES string of the molecule is CCOC(=O)c1cccc(Nc2ncnc(N3CCOCC3)c2[N+](=O)[O-])c1. The molecular weight excluding hydrogens is 354 g/mol. The molecule has 1 saturated heterocycles. The first-order chi connectivity index (χ1) is 13.1. The van der Waals surface area contributed by atoms with Crippen LogP contribution in [0.15, 0.2) is 30.6 Å². The quantitative estimate of drug-likeness (QED) is 0.461. The molecule has 1 aliphatic rings. The molecule has 0 atom stereocenters. The number of carbonyl (C=O) groups is 1. The normalized spacial score (nSPS) is 13.9. The Morgan fingerprint density at radius 3 is 2.85 bits per heavy atom. The lowest BCUT2D eigenvalue weighted by molar-refractivity contribution is -0.383. The van der Waals surface area contributed by atoms with Crippen LogP contribution >= 0.6 is 0 Å². The number of aromatic nitrogens is 2. The van der Waals surface area contributed by atoms with Crippen LogP contribution in [0, 0.1) is 10.1 Å². The van der Waals surface area contributed by atoms with Crippen molar-refractivity contribution in [3.05, 3.63) is 46.3 Å². The first-order valence-electron chi connectivity index (χ1n) is 8.46. The van der Waals surface area contributed by atoms with Crippen LogP contribution < -0.4 is 10.2 Å². The number of carbonyl (C=O) groups excluding carboxylic acids is 1. The number of hydrogen-bond donors (Lipinski definition) is 1. The number of ether oxygens (including phenoxy) is 2. The van der Waals surface area contributed by atoms with E-state index in [1.807, 2.05) is 0 Å². The maximum absolute atomic E-state index is 11.9. The molecule has 0 bridgehead atoms. The lowest BCUT2D eigenvalue weighted by Crippen LogP contribution is -2.37. The van der Waals surface area contributed by atoms with Crippen LogP contribution in [-0.2, 0) is 9.47 Å². The molecule has 2 aromatic rings. The number of benzene rings is 1. The highest BCUT2D eigenvalue weighted by atomic mass is 16.6. The number of hydrogen-bond acceptors (Lipinski definition) is 9. The summed E-state index contributed by atoms with van der Waals surface area (Å²) in [6, 6.07) is 6.50. The smallest absolute Gasteiger partial charge is 0.353 e. The molecule has 10 heteroatoms. The fraction of sp³-hybridized carbons (Fsp3) is 0.353. The second kappa shape index (κ2) is 8.41.